The van der Waals surface area contributed by atoms with Crippen molar-refractivity contribution in [2.75, 3.05) is 11.9 Å². The van der Waals surface area contributed by atoms with Gasteiger partial charge in [-0.05, 0) is 6.07 Å². The Morgan fingerprint density at radius 3 is 3.06 bits per heavy atom. The van der Waals surface area contributed by atoms with E-state index in [1.807, 2.05) is 0 Å². The highest BCUT2D eigenvalue weighted by Gasteiger charge is 2.22. The van der Waals surface area contributed by atoms with Gasteiger partial charge in [0.15, 0.2) is 0 Å². The molecule has 0 aliphatic carbocycles. The summed E-state index contributed by atoms with van der Waals surface area (Å²) in [7, 11) is 0. The van der Waals surface area contributed by atoms with Crippen LogP contribution in [-0.2, 0) is 4.79 Å². The Labute approximate surface area is 96.2 Å². The number of carboxylic acid groups (broad SMARTS) is 1. The summed E-state index contributed by atoms with van der Waals surface area (Å²) in [6.07, 6.45) is -0.0951. The molecule has 1 aromatic rings. The first-order valence-corrected chi connectivity index (χ1v) is 4.96. The highest BCUT2D eigenvalue weighted by molar-refractivity contribution is 5.70. The lowest BCUT2D eigenvalue weighted by Crippen LogP contribution is -2.33. The number of benzene rings is 1. The number of non-ortho nitro benzene ring substituents is 1. The van der Waals surface area contributed by atoms with E-state index in [-0.39, 0.29) is 24.8 Å². The van der Waals surface area contributed by atoms with E-state index in [9.17, 15) is 14.9 Å². The Hall–Kier alpha value is -2.31. The van der Waals surface area contributed by atoms with Crippen molar-refractivity contribution in [3.8, 4) is 5.75 Å². The lowest BCUT2D eigenvalue weighted by molar-refractivity contribution is -0.384. The molecule has 0 spiro atoms. The van der Waals surface area contributed by atoms with E-state index < -0.39 is 10.9 Å². The Bertz CT molecular complexity index is 474. The van der Waals surface area contributed by atoms with Crippen LogP contribution in [0.2, 0.25) is 0 Å². The zero-order valence-corrected chi connectivity index (χ0v) is 8.75. The quantitative estimate of drug-likeness (QED) is 0.606. The predicted molar refractivity (Wildman–Crippen MR) is 58.3 cm³/mol. The van der Waals surface area contributed by atoms with E-state index in [0.717, 1.165) is 0 Å². The topological polar surface area (TPSA) is 102 Å². The van der Waals surface area contributed by atoms with Crippen LogP contribution in [-0.4, -0.2) is 28.6 Å². The molecule has 90 valence electrons. The summed E-state index contributed by atoms with van der Waals surface area (Å²) in [5.41, 5.74) is 0.396. The average molecular weight is 238 g/mol. The van der Waals surface area contributed by atoms with Gasteiger partial charge < -0.3 is 15.2 Å². The Morgan fingerprint density at radius 1 is 1.65 bits per heavy atom. The lowest BCUT2D eigenvalue weighted by Gasteiger charge is -2.26. The van der Waals surface area contributed by atoms with Gasteiger partial charge in [-0.2, -0.15) is 0 Å². The second-order valence-corrected chi connectivity index (χ2v) is 3.69. The normalized spacial score (nSPS) is 17.5. The van der Waals surface area contributed by atoms with Gasteiger partial charge in [-0.1, -0.05) is 0 Å². The fraction of sp³-hybridized carbons (Fsp3) is 0.300. The van der Waals surface area contributed by atoms with Gasteiger partial charge in [-0.3, -0.25) is 14.9 Å². The van der Waals surface area contributed by atoms with Crippen LogP contribution >= 0.6 is 0 Å². The molecule has 1 aliphatic heterocycles. The van der Waals surface area contributed by atoms with Crippen molar-refractivity contribution in [2.24, 2.45) is 0 Å². The van der Waals surface area contributed by atoms with Gasteiger partial charge in [0.05, 0.1) is 23.1 Å². The van der Waals surface area contributed by atoms with Crippen LogP contribution in [0.15, 0.2) is 18.2 Å². The number of rotatable bonds is 3. The molecule has 1 aromatic carbocycles. The van der Waals surface area contributed by atoms with Crippen molar-refractivity contribution in [3.05, 3.63) is 28.3 Å². The molecule has 2 N–H and O–H groups in total. The standard InChI is InChI=1S/C10H10N2O5/c13-10(14)3-6-5-17-9-2-1-7(12(15)16)4-8(9)11-6/h1-2,4,6,11H,3,5H2,(H,13,14). The number of aliphatic carboxylic acids is 1. The van der Waals surface area contributed by atoms with Crippen LogP contribution < -0.4 is 10.1 Å². The van der Waals surface area contributed by atoms with Crippen LogP contribution in [0.1, 0.15) is 6.42 Å². The zero-order chi connectivity index (χ0) is 12.4. The van der Waals surface area contributed by atoms with Crippen molar-refractivity contribution >= 4 is 17.3 Å². The molecule has 7 nitrogen and oxygen atoms in total. The SMILES string of the molecule is O=C(O)CC1COc2ccc([N+](=O)[O-])cc2N1. The summed E-state index contributed by atoms with van der Waals surface area (Å²) in [6.45, 7) is 0.233. The number of anilines is 1. The van der Waals surface area contributed by atoms with Crippen molar-refractivity contribution in [1.82, 2.24) is 0 Å². The van der Waals surface area contributed by atoms with Crippen LogP contribution in [0.25, 0.3) is 0 Å². The number of nitrogens with zero attached hydrogens (tertiary/aromatic N) is 1. The maximum atomic E-state index is 10.6. The Kier molecular flexibility index (Phi) is 2.82. The smallest absolute Gasteiger partial charge is 0.305 e. The number of nitrogens with one attached hydrogen (secondary N) is 1. The number of carbonyl (C=O) groups is 1. The number of fused-ring (bicyclic) bond motifs is 1. The minimum absolute atomic E-state index is 0.0594. The molecule has 2 rings (SSSR count). The van der Waals surface area contributed by atoms with Crippen LogP contribution in [0.4, 0.5) is 11.4 Å². The first-order chi connectivity index (χ1) is 8.06. The van der Waals surface area contributed by atoms with Gasteiger partial charge in [0.25, 0.3) is 5.69 Å². The van der Waals surface area contributed by atoms with E-state index in [0.29, 0.717) is 11.4 Å². The van der Waals surface area contributed by atoms with Gasteiger partial charge in [0.1, 0.15) is 12.4 Å². The predicted octanol–water partition coefficient (Wildman–Crippen LogP) is 1.24. The molecule has 0 amide bonds. The first-order valence-electron chi connectivity index (χ1n) is 4.96. The summed E-state index contributed by atoms with van der Waals surface area (Å²) in [4.78, 5) is 20.6. The number of nitro groups is 1. The molecule has 0 fully saturated rings. The summed E-state index contributed by atoms with van der Waals surface area (Å²) in [5.74, 6) is -0.447. The number of nitro benzene ring substituents is 1. The van der Waals surface area contributed by atoms with Gasteiger partial charge in [0.2, 0.25) is 0 Å². The number of carboxylic acids is 1. The van der Waals surface area contributed by atoms with Crippen LogP contribution in [0, 0.1) is 10.1 Å². The molecule has 1 heterocycles. The van der Waals surface area contributed by atoms with E-state index in [1.165, 1.54) is 18.2 Å². The highest BCUT2D eigenvalue weighted by atomic mass is 16.6. The Balaban J connectivity index is 2.20. The summed E-state index contributed by atoms with van der Waals surface area (Å²) in [5, 5.41) is 22.2. The maximum absolute atomic E-state index is 10.6. The molecule has 1 aliphatic rings. The average Bonchev–Trinajstić information content (AvgIpc) is 2.27. The molecule has 1 atom stereocenters. The van der Waals surface area contributed by atoms with Crippen molar-refractivity contribution in [2.45, 2.75) is 12.5 Å². The minimum Gasteiger partial charge on any atom is -0.489 e. The third kappa shape index (κ3) is 2.44. The van der Waals surface area contributed by atoms with Crippen LogP contribution in [0.5, 0.6) is 5.75 Å². The third-order valence-electron chi connectivity index (χ3n) is 2.39. The molecule has 0 saturated heterocycles. The van der Waals surface area contributed by atoms with Gasteiger partial charge in [0, 0.05) is 12.1 Å². The number of ether oxygens (including phenoxy) is 1. The van der Waals surface area contributed by atoms with E-state index in [1.54, 1.807) is 0 Å². The van der Waals surface area contributed by atoms with Gasteiger partial charge in [-0.25, -0.2) is 0 Å². The maximum Gasteiger partial charge on any atom is 0.305 e. The molecular weight excluding hydrogens is 228 g/mol. The molecule has 1 unspecified atom stereocenters. The molecular formula is C10H10N2O5. The molecule has 7 heteroatoms. The number of hydrogen-bond acceptors (Lipinski definition) is 5. The Morgan fingerprint density at radius 2 is 2.41 bits per heavy atom. The molecule has 0 radical (unpaired) electrons. The molecule has 17 heavy (non-hydrogen) atoms. The molecule has 0 aromatic heterocycles. The van der Waals surface area contributed by atoms with E-state index in [4.69, 9.17) is 9.84 Å². The minimum atomic E-state index is -0.944. The van der Waals surface area contributed by atoms with E-state index >= 15 is 0 Å². The second kappa shape index (κ2) is 4.28. The van der Waals surface area contributed by atoms with Crippen molar-refractivity contribution < 1.29 is 19.6 Å². The first kappa shape index (κ1) is 11.2. The summed E-state index contributed by atoms with van der Waals surface area (Å²) in [6, 6.07) is 3.81. The van der Waals surface area contributed by atoms with Crippen molar-refractivity contribution in [3.63, 3.8) is 0 Å². The van der Waals surface area contributed by atoms with Crippen LogP contribution in [0.3, 0.4) is 0 Å². The highest BCUT2D eigenvalue weighted by Crippen LogP contribution is 2.32. The third-order valence-corrected chi connectivity index (χ3v) is 2.39. The van der Waals surface area contributed by atoms with E-state index in [2.05, 4.69) is 5.32 Å². The number of hydrogen-bond donors (Lipinski definition) is 2. The monoisotopic (exact) mass is 238 g/mol. The van der Waals surface area contributed by atoms with Gasteiger partial charge >= 0.3 is 5.97 Å². The molecule has 0 saturated carbocycles. The van der Waals surface area contributed by atoms with Gasteiger partial charge in [-0.15, -0.1) is 0 Å². The van der Waals surface area contributed by atoms with Crippen molar-refractivity contribution in [1.29, 1.82) is 0 Å². The fourth-order valence-electron chi connectivity index (χ4n) is 1.64. The zero-order valence-electron chi connectivity index (χ0n) is 8.75. The largest absolute Gasteiger partial charge is 0.489 e. The summed E-state index contributed by atoms with van der Waals surface area (Å²) >= 11 is 0. The lowest BCUT2D eigenvalue weighted by atomic mass is 10.1. The molecule has 0 bridgehead atoms. The summed E-state index contributed by atoms with van der Waals surface area (Å²) < 4.78 is 5.32. The fourth-order valence-corrected chi connectivity index (χ4v) is 1.64. The second-order valence-electron chi connectivity index (χ2n) is 3.69.